The van der Waals surface area contributed by atoms with E-state index in [0.29, 0.717) is 19.8 Å². The van der Waals surface area contributed by atoms with E-state index in [1.807, 2.05) is 20.8 Å². The molecule has 0 aliphatic rings. The van der Waals surface area contributed by atoms with Gasteiger partial charge in [0.1, 0.15) is 0 Å². The molecule has 0 spiro atoms. The average Bonchev–Trinajstić information content (AvgIpc) is 2.18. The van der Waals surface area contributed by atoms with Crippen molar-refractivity contribution in [2.24, 2.45) is 0 Å². The molecule has 0 fully saturated rings. The van der Waals surface area contributed by atoms with Crippen LogP contribution in [0.4, 0.5) is 0 Å². The SMILES string of the molecule is CCC[Si](OCC)(OCC)OCC.O=[S-](O)=S. The molecule has 0 aliphatic carbocycles. The Morgan fingerprint density at radius 3 is 1.53 bits per heavy atom. The molecule has 1 N–H and O–H groups in total. The van der Waals surface area contributed by atoms with E-state index in [9.17, 15) is 0 Å². The Kier molecular flexibility index (Phi) is 15.0. The molecule has 0 saturated heterocycles. The summed E-state index contributed by atoms with van der Waals surface area (Å²) in [7, 11) is -4.32. The van der Waals surface area contributed by atoms with Crippen LogP contribution in [0.1, 0.15) is 34.1 Å². The Balaban J connectivity index is 0. The molecule has 0 saturated carbocycles. The topological polar surface area (TPSA) is 65.0 Å². The van der Waals surface area contributed by atoms with Crippen molar-refractivity contribution in [2.75, 3.05) is 19.8 Å². The number of rotatable bonds is 8. The van der Waals surface area contributed by atoms with Crippen molar-refractivity contribution in [3.05, 3.63) is 0 Å². The third-order valence-electron chi connectivity index (χ3n) is 1.65. The fraction of sp³-hybridized carbons (Fsp3) is 1.00. The minimum absolute atomic E-state index is 0.673. The minimum atomic E-state index is -2.30. The lowest BCUT2D eigenvalue weighted by Crippen LogP contribution is -2.45. The van der Waals surface area contributed by atoms with Gasteiger partial charge < -0.3 is 22.0 Å². The lowest BCUT2D eigenvalue weighted by Gasteiger charge is -2.27. The Morgan fingerprint density at radius 1 is 1.06 bits per heavy atom. The number of hydrogen-bond donors (Lipinski definition) is 1. The summed E-state index contributed by atoms with van der Waals surface area (Å²) in [5.74, 6) is 0. The molecule has 0 radical (unpaired) electrons. The molecule has 0 aromatic carbocycles. The summed E-state index contributed by atoms with van der Waals surface area (Å²) in [6, 6.07) is 0.919. The normalized spacial score (nSPS) is 11.2. The lowest BCUT2D eigenvalue weighted by molar-refractivity contribution is 0.0712. The highest BCUT2D eigenvalue weighted by atomic mass is 32.8. The fourth-order valence-corrected chi connectivity index (χ4v) is 3.92. The maximum absolute atomic E-state index is 8.93. The average molecular weight is 303 g/mol. The maximum atomic E-state index is 8.93. The van der Waals surface area contributed by atoms with Gasteiger partial charge in [-0.1, -0.05) is 23.0 Å². The van der Waals surface area contributed by atoms with Crippen LogP contribution in [0.25, 0.3) is 0 Å². The van der Waals surface area contributed by atoms with Crippen LogP contribution >= 0.6 is 0 Å². The Bertz CT molecular complexity index is 198. The van der Waals surface area contributed by atoms with E-state index in [2.05, 4.69) is 18.1 Å². The zero-order chi connectivity index (χ0) is 13.7. The van der Waals surface area contributed by atoms with Gasteiger partial charge in [-0.2, -0.15) is 0 Å². The van der Waals surface area contributed by atoms with Crippen molar-refractivity contribution in [3.8, 4) is 0 Å². The zero-order valence-corrected chi connectivity index (χ0v) is 13.6. The van der Waals surface area contributed by atoms with E-state index in [4.69, 9.17) is 22.0 Å². The fourth-order valence-electron chi connectivity index (χ4n) is 1.31. The summed E-state index contributed by atoms with van der Waals surface area (Å²) in [4.78, 5) is 0. The Hall–Kier alpha value is 0.427. The van der Waals surface area contributed by atoms with E-state index in [0.717, 1.165) is 12.5 Å². The van der Waals surface area contributed by atoms with Crippen LogP contribution in [-0.2, 0) is 38.3 Å². The van der Waals surface area contributed by atoms with E-state index in [1.165, 1.54) is 0 Å². The van der Waals surface area contributed by atoms with Gasteiger partial charge >= 0.3 is 8.80 Å². The van der Waals surface area contributed by atoms with Crippen molar-refractivity contribution in [1.82, 2.24) is 0 Å². The largest absolute Gasteiger partial charge is 0.500 e. The Labute approximate surface area is 112 Å². The van der Waals surface area contributed by atoms with Gasteiger partial charge in [0.25, 0.3) is 0 Å². The van der Waals surface area contributed by atoms with Crippen molar-refractivity contribution < 1.29 is 22.0 Å². The first-order valence-corrected chi connectivity index (χ1v) is 9.64. The molecule has 0 aromatic heterocycles. The number of hydrogen-bond acceptors (Lipinski definition) is 6. The van der Waals surface area contributed by atoms with E-state index < -0.39 is 18.4 Å². The molecule has 0 amide bonds. The van der Waals surface area contributed by atoms with Gasteiger partial charge in [0.05, 0.1) is 0 Å². The van der Waals surface area contributed by atoms with E-state index in [-0.39, 0.29) is 0 Å². The quantitative estimate of drug-likeness (QED) is 0.422. The Morgan fingerprint density at radius 2 is 1.35 bits per heavy atom. The molecule has 0 aliphatic heterocycles. The first-order valence-electron chi connectivity index (χ1n) is 5.68. The van der Waals surface area contributed by atoms with Crippen LogP contribution in [0.2, 0.25) is 6.04 Å². The molecule has 0 bridgehead atoms. The first-order chi connectivity index (χ1) is 7.97. The second-order valence-corrected chi connectivity index (χ2v) is 6.97. The summed E-state index contributed by atoms with van der Waals surface area (Å²) in [5.41, 5.74) is 0. The predicted molar refractivity (Wildman–Crippen MR) is 73.8 cm³/mol. The van der Waals surface area contributed by atoms with Crippen LogP contribution < -0.4 is 0 Å². The molecule has 106 valence electrons. The third kappa shape index (κ3) is 12.7. The monoisotopic (exact) mass is 303 g/mol. The maximum Gasteiger partial charge on any atom is 0.500 e. The predicted octanol–water partition coefficient (Wildman–Crippen LogP) is 2.33. The highest BCUT2D eigenvalue weighted by Crippen LogP contribution is 2.17. The second-order valence-electron chi connectivity index (χ2n) is 2.95. The van der Waals surface area contributed by atoms with Crippen LogP contribution in [0, 0.1) is 0 Å². The molecule has 0 heterocycles. The molecule has 0 rings (SSSR count). The first kappa shape index (κ1) is 19.8. The molecular formula is C9H23O5S2Si-. The van der Waals surface area contributed by atoms with Crippen LogP contribution in [0.5, 0.6) is 0 Å². The van der Waals surface area contributed by atoms with Crippen molar-refractivity contribution in [2.45, 2.75) is 40.2 Å². The van der Waals surface area contributed by atoms with Gasteiger partial charge in [-0.3, -0.25) is 0 Å². The van der Waals surface area contributed by atoms with Crippen LogP contribution in [-0.4, -0.2) is 33.2 Å². The highest BCUT2D eigenvalue weighted by Gasteiger charge is 2.38. The minimum Gasteiger partial charge on any atom is -0.459 e. The van der Waals surface area contributed by atoms with Gasteiger partial charge in [-0.15, -0.1) is 0 Å². The molecule has 0 unspecified atom stereocenters. The van der Waals surface area contributed by atoms with Gasteiger partial charge in [0, 0.05) is 25.9 Å². The van der Waals surface area contributed by atoms with Gasteiger partial charge in [0.2, 0.25) is 0 Å². The standard InChI is InChI=1S/C9H22O3Si.HO2S2/c1-5-9-13(10-6-2,11-7-3)12-8-4;1-4(2)3/h5-9H2,1-4H3;(H,1,2,3)/q;-1. The highest BCUT2D eigenvalue weighted by molar-refractivity contribution is 8.18. The van der Waals surface area contributed by atoms with Crippen LogP contribution in [0.15, 0.2) is 0 Å². The molecular weight excluding hydrogens is 280 g/mol. The molecule has 5 nitrogen and oxygen atoms in total. The van der Waals surface area contributed by atoms with E-state index in [1.54, 1.807) is 0 Å². The molecule has 0 aromatic rings. The molecule has 17 heavy (non-hydrogen) atoms. The lowest BCUT2D eigenvalue weighted by atomic mass is 10.6. The van der Waals surface area contributed by atoms with Gasteiger partial charge in [-0.25, -0.2) is 11.2 Å². The summed E-state index contributed by atoms with van der Waals surface area (Å²) >= 11 is 3.65. The molecule has 8 heteroatoms. The summed E-state index contributed by atoms with van der Waals surface area (Å²) in [6.07, 6.45) is 1.05. The summed E-state index contributed by atoms with van der Waals surface area (Å²) in [6.45, 7) is 10.1. The zero-order valence-electron chi connectivity index (χ0n) is 10.9. The molecule has 0 atom stereocenters. The van der Waals surface area contributed by atoms with Crippen molar-refractivity contribution >= 4 is 29.6 Å². The smallest absolute Gasteiger partial charge is 0.459 e. The summed E-state index contributed by atoms with van der Waals surface area (Å²) < 4.78 is 33.2. The van der Waals surface area contributed by atoms with Crippen molar-refractivity contribution in [3.63, 3.8) is 0 Å². The van der Waals surface area contributed by atoms with Crippen molar-refractivity contribution in [1.29, 1.82) is 0 Å². The summed E-state index contributed by atoms with van der Waals surface area (Å²) in [5, 5.41) is 0. The second kappa shape index (κ2) is 12.9. The van der Waals surface area contributed by atoms with Gasteiger partial charge in [0.15, 0.2) is 0 Å². The van der Waals surface area contributed by atoms with E-state index >= 15 is 0 Å². The third-order valence-corrected chi connectivity index (χ3v) is 4.95. The van der Waals surface area contributed by atoms with Crippen LogP contribution in [0.3, 0.4) is 0 Å². The van der Waals surface area contributed by atoms with Gasteiger partial charge in [-0.05, 0) is 20.8 Å².